The van der Waals surface area contributed by atoms with Crippen molar-refractivity contribution in [1.82, 2.24) is 10.2 Å². The predicted molar refractivity (Wildman–Crippen MR) is 114 cm³/mol. The highest BCUT2D eigenvalue weighted by molar-refractivity contribution is 7.91. The first kappa shape index (κ1) is 22.6. The van der Waals surface area contributed by atoms with Crippen LogP contribution in [0.1, 0.15) is 36.6 Å². The minimum atomic E-state index is -3.61. The van der Waals surface area contributed by atoms with Crippen LogP contribution < -0.4 is 5.32 Å². The number of hydrogen-bond donors (Lipinski definition) is 1. The van der Waals surface area contributed by atoms with Crippen molar-refractivity contribution in [3.05, 3.63) is 71.3 Å². The lowest BCUT2D eigenvalue weighted by atomic mass is 10.1. The fourth-order valence-electron chi connectivity index (χ4n) is 3.24. The van der Waals surface area contributed by atoms with E-state index in [9.17, 15) is 13.2 Å². The number of benzene rings is 2. The number of carbonyl (C=O) groups excluding carboxylic acids is 1. The number of amides is 1. The number of likely N-dealkylation sites (N-methyl/N-ethyl adjacent to an activating group) is 1. The Balaban J connectivity index is 1.99. The normalized spacial score (nSPS) is 12.3. The number of sulfone groups is 1. The van der Waals surface area contributed by atoms with E-state index in [4.69, 9.17) is 5.26 Å². The molecule has 0 aliphatic carbocycles. The van der Waals surface area contributed by atoms with Gasteiger partial charge in [0.2, 0.25) is 5.91 Å². The van der Waals surface area contributed by atoms with Crippen LogP contribution in [0.15, 0.2) is 54.6 Å². The number of carbonyl (C=O) groups is 1. The van der Waals surface area contributed by atoms with E-state index in [-0.39, 0.29) is 11.8 Å². The molecule has 0 saturated heterocycles. The summed E-state index contributed by atoms with van der Waals surface area (Å²) >= 11 is 0. The highest BCUT2D eigenvalue weighted by atomic mass is 32.2. The van der Waals surface area contributed by atoms with Crippen LogP contribution in [0.5, 0.6) is 0 Å². The zero-order valence-electron chi connectivity index (χ0n) is 16.8. The number of nitrogens with zero attached hydrogens (tertiary/aromatic N) is 2. The van der Waals surface area contributed by atoms with E-state index >= 15 is 0 Å². The minimum absolute atomic E-state index is 0.0172. The third kappa shape index (κ3) is 7.00. The van der Waals surface area contributed by atoms with Crippen molar-refractivity contribution in [2.24, 2.45) is 0 Å². The molecule has 1 N–H and O–H groups in total. The van der Waals surface area contributed by atoms with E-state index in [1.165, 1.54) is 0 Å². The Morgan fingerprint density at radius 3 is 2.24 bits per heavy atom. The van der Waals surface area contributed by atoms with Gasteiger partial charge in [0.1, 0.15) is 5.75 Å². The van der Waals surface area contributed by atoms with Crippen LogP contribution in [0.2, 0.25) is 0 Å². The van der Waals surface area contributed by atoms with Crippen molar-refractivity contribution in [2.75, 3.05) is 25.4 Å². The standard InChI is InChI=1S/C22H27N3O3S/c1-3-25(4-2)21(20-8-6-5-7-9-20)15-24-22(26)17-29(27,28)16-19-12-10-18(14-23)11-13-19/h5-13,21H,3-4,15-17H2,1-2H3,(H,24,26). The highest BCUT2D eigenvalue weighted by Gasteiger charge is 2.21. The Morgan fingerprint density at radius 2 is 1.69 bits per heavy atom. The first-order valence-electron chi connectivity index (χ1n) is 9.63. The second kappa shape index (κ2) is 10.7. The second-order valence-electron chi connectivity index (χ2n) is 6.79. The van der Waals surface area contributed by atoms with Gasteiger partial charge in [-0.1, -0.05) is 56.3 Å². The van der Waals surface area contributed by atoms with Gasteiger partial charge in [0.25, 0.3) is 0 Å². The molecule has 0 bridgehead atoms. The Morgan fingerprint density at radius 1 is 1.07 bits per heavy atom. The van der Waals surface area contributed by atoms with Crippen molar-refractivity contribution in [1.29, 1.82) is 5.26 Å². The molecule has 1 amide bonds. The van der Waals surface area contributed by atoms with Crippen LogP contribution in [-0.2, 0) is 20.4 Å². The third-order valence-corrected chi connectivity index (χ3v) is 6.23. The molecule has 1 unspecified atom stereocenters. The quantitative estimate of drug-likeness (QED) is 0.647. The van der Waals surface area contributed by atoms with Crippen LogP contribution >= 0.6 is 0 Å². The van der Waals surface area contributed by atoms with Gasteiger partial charge in [-0.25, -0.2) is 8.42 Å². The van der Waals surface area contributed by atoms with Crippen molar-refractivity contribution in [3.8, 4) is 6.07 Å². The first-order valence-corrected chi connectivity index (χ1v) is 11.5. The number of nitrogens with one attached hydrogen (secondary N) is 1. The van der Waals surface area contributed by atoms with Crippen LogP contribution in [0, 0.1) is 11.3 Å². The molecule has 2 rings (SSSR count). The molecule has 0 heterocycles. The predicted octanol–water partition coefficient (Wildman–Crippen LogP) is 2.67. The zero-order chi connectivity index (χ0) is 21.3. The van der Waals surface area contributed by atoms with Gasteiger partial charge in [0.15, 0.2) is 9.84 Å². The first-order chi connectivity index (χ1) is 13.9. The summed E-state index contributed by atoms with van der Waals surface area (Å²) in [5.41, 5.74) is 2.10. The largest absolute Gasteiger partial charge is 0.353 e. The summed E-state index contributed by atoms with van der Waals surface area (Å²) in [5, 5.41) is 11.6. The Bertz CT molecular complexity index is 932. The molecule has 0 radical (unpaired) electrons. The SMILES string of the molecule is CCN(CC)C(CNC(=O)CS(=O)(=O)Cc1ccc(C#N)cc1)c1ccccc1. The monoisotopic (exact) mass is 413 g/mol. The molecule has 0 spiro atoms. The Kier molecular flexibility index (Phi) is 8.37. The zero-order valence-corrected chi connectivity index (χ0v) is 17.7. The lowest BCUT2D eigenvalue weighted by Gasteiger charge is -2.30. The molecule has 2 aromatic rings. The molecule has 0 saturated carbocycles. The average molecular weight is 414 g/mol. The van der Waals surface area contributed by atoms with E-state index in [2.05, 4.69) is 24.1 Å². The fourth-order valence-corrected chi connectivity index (χ4v) is 4.54. The minimum Gasteiger partial charge on any atom is -0.353 e. The molecule has 0 fully saturated rings. The van der Waals surface area contributed by atoms with Gasteiger partial charge in [0, 0.05) is 6.54 Å². The number of hydrogen-bond acceptors (Lipinski definition) is 5. The average Bonchev–Trinajstić information content (AvgIpc) is 2.71. The molecule has 0 aliphatic rings. The highest BCUT2D eigenvalue weighted by Crippen LogP contribution is 2.19. The van der Waals surface area contributed by atoms with E-state index in [0.717, 1.165) is 18.7 Å². The van der Waals surface area contributed by atoms with Gasteiger partial charge in [-0.3, -0.25) is 9.69 Å². The van der Waals surface area contributed by atoms with Crippen molar-refractivity contribution in [3.63, 3.8) is 0 Å². The molecule has 1 atom stereocenters. The molecule has 154 valence electrons. The summed E-state index contributed by atoms with van der Waals surface area (Å²) in [6.45, 7) is 6.11. The second-order valence-corrected chi connectivity index (χ2v) is 8.86. The summed E-state index contributed by atoms with van der Waals surface area (Å²) in [7, 11) is -3.61. The van der Waals surface area contributed by atoms with E-state index in [1.54, 1.807) is 24.3 Å². The summed E-state index contributed by atoms with van der Waals surface area (Å²) in [4.78, 5) is 14.6. The smallest absolute Gasteiger partial charge is 0.235 e. The van der Waals surface area contributed by atoms with E-state index in [0.29, 0.717) is 17.7 Å². The molecule has 0 aromatic heterocycles. The molecule has 29 heavy (non-hydrogen) atoms. The van der Waals surface area contributed by atoms with Gasteiger partial charge in [-0.2, -0.15) is 5.26 Å². The fraction of sp³-hybridized carbons (Fsp3) is 0.364. The Labute approximate surface area is 173 Å². The summed E-state index contributed by atoms with van der Waals surface area (Å²) in [6.07, 6.45) is 0. The molecule has 7 heteroatoms. The summed E-state index contributed by atoms with van der Waals surface area (Å²) in [5.74, 6) is -1.30. The summed E-state index contributed by atoms with van der Waals surface area (Å²) < 4.78 is 24.8. The van der Waals surface area contributed by atoms with Crippen molar-refractivity contribution >= 4 is 15.7 Å². The van der Waals surface area contributed by atoms with Crippen LogP contribution in [0.25, 0.3) is 0 Å². The Hall–Kier alpha value is -2.69. The molecular weight excluding hydrogens is 386 g/mol. The van der Waals surface area contributed by atoms with Gasteiger partial charge in [-0.15, -0.1) is 0 Å². The topological polar surface area (TPSA) is 90.3 Å². The van der Waals surface area contributed by atoms with Gasteiger partial charge in [0.05, 0.1) is 23.4 Å². The number of rotatable bonds is 10. The van der Waals surface area contributed by atoms with Gasteiger partial charge >= 0.3 is 0 Å². The van der Waals surface area contributed by atoms with Crippen LogP contribution in [-0.4, -0.2) is 44.6 Å². The van der Waals surface area contributed by atoms with E-state index in [1.807, 2.05) is 36.4 Å². The van der Waals surface area contributed by atoms with Crippen molar-refractivity contribution in [2.45, 2.75) is 25.6 Å². The molecule has 0 aliphatic heterocycles. The lowest BCUT2D eigenvalue weighted by molar-refractivity contribution is -0.118. The van der Waals surface area contributed by atoms with Gasteiger partial charge < -0.3 is 5.32 Å². The molecule has 2 aromatic carbocycles. The lowest BCUT2D eigenvalue weighted by Crippen LogP contribution is -2.40. The van der Waals surface area contributed by atoms with E-state index < -0.39 is 21.5 Å². The van der Waals surface area contributed by atoms with Crippen molar-refractivity contribution < 1.29 is 13.2 Å². The maximum Gasteiger partial charge on any atom is 0.235 e. The maximum absolute atomic E-state index is 12.4. The molecular formula is C22H27N3O3S. The van der Waals surface area contributed by atoms with Crippen LogP contribution in [0.3, 0.4) is 0 Å². The van der Waals surface area contributed by atoms with Crippen LogP contribution in [0.4, 0.5) is 0 Å². The molecule has 6 nitrogen and oxygen atoms in total. The number of nitriles is 1. The van der Waals surface area contributed by atoms with Gasteiger partial charge in [-0.05, 0) is 36.3 Å². The maximum atomic E-state index is 12.4. The third-order valence-electron chi connectivity index (χ3n) is 4.75. The summed E-state index contributed by atoms with van der Waals surface area (Å²) in [6, 6.07) is 18.2.